The molecule has 4 N–H and O–H groups in total. The maximum Gasteiger partial charge on any atom is 0.321 e. The summed E-state index contributed by atoms with van der Waals surface area (Å²) in [5, 5.41) is 37.3. The molecule has 25 heavy (non-hydrogen) atoms. The van der Waals surface area contributed by atoms with Gasteiger partial charge in [0.05, 0.1) is 13.2 Å². The van der Waals surface area contributed by atoms with Gasteiger partial charge < -0.3 is 25.2 Å². The Morgan fingerprint density at radius 2 is 1.48 bits per heavy atom. The van der Waals surface area contributed by atoms with Crippen LogP contribution in [-0.4, -0.2) is 39.6 Å². The first-order valence-electron chi connectivity index (χ1n) is 7.61. The van der Waals surface area contributed by atoms with Gasteiger partial charge in [-0.1, -0.05) is 24.3 Å². The van der Waals surface area contributed by atoms with Crippen molar-refractivity contribution in [3.8, 4) is 17.2 Å². The van der Waals surface area contributed by atoms with E-state index in [2.05, 4.69) is 0 Å². The molecule has 0 aliphatic heterocycles. The monoisotopic (exact) mass is 344 g/mol. The van der Waals surface area contributed by atoms with Crippen LogP contribution >= 0.6 is 0 Å². The number of ether oxygens (including phenoxy) is 1. The SMILES string of the molecule is CC(CO)(CO)C(=O)Oc1ccc(C=Cc2cc(O)cc(O)c2)cc1. The van der Waals surface area contributed by atoms with Gasteiger partial charge >= 0.3 is 5.97 Å². The molecule has 0 unspecified atom stereocenters. The summed E-state index contributed by atoms with van der Waals surface area (Å²) in [5.74, 6) is -0.475. The molecule has 6 nitrogen and oxygen atoms in total. The zero-order valence-corrected chi connectivity index (χ0v) is 13.7. The zero-order valence-electron chi connectivity index (χ0n) is 13.7. The molecule has 0 amide bonds. The molecule has 0 heterocycles. The molecule has 0 aromatic heterocycles. The molecule has 0 aliphatic rings. The summed E-state index contributed by atoms with van der Waals surface area (Å²) in [6, 6.07) is 10.9. The van der Waals surface area contributed by atoms with Crippen LogP contribution in [0.1, 0.15) is 18.1 Å². The van der Waals surface area contributed by atoms with E-state index < -0.39 is 24.6 Å². The molecule has 0 atom stereocenters. The molecule has 0 radical (unpaired) electrons. The van der Waals surface area contributed by atoms with Crippen molar-refractivity contribution in [1.29, 1.82) is 0 Å². The molecule has 2 aromatic rings. The fourth-order valence-corrected chi connectivity index (χ4v) is 1.96. The molecule has 0 saturated heterocycles. The maximum absolute atomic E-state index is 12.0. The van der Waals surface area contributed by atoms with Crippen molar-refractivity contribution >= 4 is 18.1 Å². The van der Waals surface area contributed by atoms with Crippen molar-refractivity contribution < 1.29 is 30.0 Å². The standard InChI is InChI=1S/C19H20O6/c1-19(11-20,12-21)18(24)25-17-6-4-13(5-7-17)2-3-14-8-15(22)10-16(23)9-14/h2-10,20-23H,11-12H2,1H3. The van der Waals surface area contributed by atoms with Gasteiger partial charge in [-0.2, -0.15) is 0 Å². The van der Waals surface area contributed by atoms with Gasteiger partial charge in [-0.3, -0.25) is 4.79 Å². The van der Waals surface area contributed by atoms with E-state index in [4.69, 9.17) is 4.74 Å². The van der Waals surface area contributed by atoms with E-state index in [1.54, 1.807) is 36.4 Å². The lowest BCUT2D eigenvalue weighted by Gasteiger charge is -2.21. The molecule has 0 fully saturated rings. The van der Waals surface area contributed by atoms with Crippen LogP contribution < -0.4 is 4.74 Å². The molecule has 2 rings (SSSR count). The minimum absolute atomic E-state index is 0.0299. The fraction of sp³-hybridized carbons (Fsp3) is 0.211. The second kappa shape index (κ2) is 7.83. The molecule has 132 valence electrons. The Labute approximate surface area is 145 Å². The molecule has 0 bridgehead atoms. The Balaban J connectivity index is 2.07. The highest BCUT2D eigenvalue weighted by molar-refractivity contribution is 5.79. The average Bonchev–Trinajstić information content (AvgIpc) is 2.59. The topological polar surface area (TPSA) is 107 Å². The first-order valence-corrected chi connectivity index (χ1v) is 7.61. The van der Waals surface area contributed by atoms with Crippen molar-refractivity contribution in [2.24, 2.45) is 5.41 Å². The molecular weight excluding hydrogens is 324 g/mol. The fourth-order valence-electron chi connectivity index (χ4n) is 1.96. The van der Waals surface area contributed by atoms with Gasteiger partial charge in [0.15, 0.2) is 0 Å². The Hall–Kier alpha value is -2.83. The summed E-state index contributed by atoms with van der Waals surface area (Å²) in [7, 11) is 0. The molecule has 0 aliphatic carbocycles. The van der Waals surface area contributed by atoms with E-state index in [1.807, 2.05) is 0 Å². The lowest BCUT2D eigenvalue weighted by atomic mass is 9.93. The third kappa shape index (κ3) is 4.82. The minimum Gasteiger partial charge on any atom is -0.508 e. The normalized spacial score (nSPS) is 11.6. The van der Waals surface area contributed by atoms with Crippen molar-refractivity contribution in [2.45, 2.75) is 6.92 Å². The highest BCUT2D eigenvalue weighted by Gasteiger charge is 2.34. The number of aromatic hydroxyl groups is 2. The molecule has 0 spiro atoms. The van der Waals surface area contributed by atoms with Crippen LogP contribution in [0.25, 0.3) is 12.2 Å². The predicted octanol–water partition coefficient (Wildman–Crippen LogP) is 2.16. The van der Waals surface area contributed by atoms with Crippen molar-refractivity contribution in [2.75, 3.05) is 13.2 Å². The number of rotatable bonds is 6. The number of carbonyl (C=O) groups is 1. The Morgan fingerprint density at radius 1 is 0.960 bits per heavy atom. The number of phenolic OH excluding ortho intramolecular Hbond substituents is 2. The quantitative estimate of drug-likeness (QED) is 0.363. The van der Waals surface area contributed by atoms with E-state index in [1.165, 1.54) is 25.1 Å². The van der Waals surface area contributed by atoms with Crippen LogP contribution in [0.4, 0.5) is 0 Å². The van der Waals surface area contributed by atoms with Gasteiger partial charge in [0, 0.05) is 6.07 Å². The van der Waals surface area contributed by atoms with Gasteiger partial charge in [0.25, 0.3) is 0 Å². The van der Waals surface area contributed by atoms with Crippen LogP contribution in [-0.2, 0) is 4.79 Å². The lowest BCUT2D eigenvalue weighted by molar-refractivity contribution is -0.149. The predicted molar refractivity (Wildman–Crippen MR) is 93.1 cm³/mol. The average molecular weight is 344 g/mol. The van der Waals surface area contributed by atoms with Crippen LogP contribution in [0.5, 0.6) is 17.2 Å². The number of aliphatic hydroxyl groups is 2. The summed E-state index contributed by atoms with van der Waals surface area (Å²) in [6.45, 7) is 0.386. The maximum atomic E-state index is 12.0. The van der Waals surface area contributed by atoms with Gasteiger partial charge in [-0.25, -0.2) is 0 Å². The highest BCUT2D eigenvalue weighted by Crippen LogP contribution is 2.23. The van der Waals surface area contributed by atoms with Crippen LogP contribution in [0.2, 0.25) is 0 Å². The van der Waals surface area contributed by atoms with Gasteiger partial charge in [-0.15, -0.1) is 0 Å². The first kappa shape index (κ1) is 18.5. The van der Waals surface area contributed by atoms with Crippen molar-refractivity contribution in [3.63, 3.8) is 0 Å². The number of hydrogen-bond donors (Lipinski definition) is 4. The smallest absolute Gasteiger partial charge is 0.321 e. The number of aliphatic hydroxyl groups excluding tert-OH is 2. The van der Waals surface area contributed by atoms with E-state index in [9.17, 15) is 25.2 Å². The summed E-state index contributed by atoms with van der Waals surface area (Å²) in [5.41, 5.74) is 0.0972. The Kier molecular flexibility index (Phi) is 5.80. The van der Waals surface area contributed by atoms with E-state index >= 15 is 0 Å². The van der Waals surface area contributed by atoms with E-state index in [-0.39, 0.29) is 11.5 Å². The summed E-state index contributed by atoms with van der Waals surface area (Å²) < 4.78 is 5.16. The van der Waals surface area contributed by atoms with Gasteiger partial charge in [0.2, 0.25) is 0 Å². The van der Waals surface area contributed by atoms with Crippen LogP contribution in [0.15, 0.2) is 42.5 Å². The molecule has 2 aromatic carbocycles. The van der Waals surface area contributed by atoms with Gasteiger partial charge in [0.1, 0.15) is 22.7 Å². The van der Waals surface area contributed by atoms with E-state index in [0.29, 0.717) is 11.3 Å². The van der Waals surface area contributed by atoms with Crippen LogP contribution in [0.3, 0.4) is 0 Å². The molecular formula is C19H20O6. The molecule has 6 heteroatoms. The van der Waals surface area contributed by atoms with Gasteiger partial charge in [-0.05, 0) is 42.3 Å². The second-order valence-electron chi connectivity index (χ2n) is 5.95. The summed E-state index contributed by atoms with van der Waals surface area (Å²) in [4.78, 5) is 12.0. The lowest BCUT2D eigenvalue weighted by Crippen LogP contribution is -2.38. The number of benzene rings is 2. The second-order valence-corrected chi connectivity index (χ2v) is 5.95. The van der Waals surface area contributed by atoms with E-state index in [0.717, 1.165) is 5.56 Å². The summed E-state index contributed by atoms with van der Waals surface area (Å²) in [6.07, 6.45) is 3.49. The third-order valence-electron chi connectivity index (χ3n) is 3.67. The number of carbonyl (C=O) groups excluding carboxylic acids is 1. The summed E-state index contributed by atoms with van der Waals surface area (Å²) >= 11 is 0. The largest absolute Gasteiger partial charge is 0.508 e. The number of phenols is 2. The number of esters is 1. The first-order chi connectivity index (χ1) is 11.9. The number of hydrogen-bond acceptors (Lipinski definition) is 6. The highest BCUT2D eigenvalue weighted by atomic mass is 16.5. The Bertz CT molecular complexity index is 740. The van der Waals surface area contributed by atoms with Crippen molar-refractivity contribution in [1.82, 2.24) is 0 Å². The van der Waals surface area contributed by atoms with Crippen LogP contribution in [0, 0.1) is 5.41 Å². The van der Waals surface area contributed by atoms with Crippen molar-refractivity contribution in [3.05, 3.63) is 53.6 Å². The zero-order chi connectivity index (χ0) is 18.4. The third-order valence-corrected chi connectivity index (χ3v) is 3.67. The molecule has 0 saturated carbocycles. The Morgan fingerprint density at radius 3 is 2.00 bits per heavy atom. The minimum atomic E-state index is -1.35.